The van der Waals surface area contributed by atoms with Crippen LogP contribution in [0.15, 0.2) is 48.5 Å². The highest BCUT2D eigenvalue weighted by atomic mass is 16.3. The molecular weight excluding hydrogens is 320 g/mol. The standard InChI is InChI=1S/C23H30N2O/c1-17-5-7-18(8-6-17)19-9-11-20(12-10-19)23-21-15-24(2)13-3-4-14-25(21)22(23)16-26/h5-12,21-23,26H,3-4,13-16H2,1-2H3/t21-,22-,23+/m1/s1. The second-order valence-electron chi connectivity index (χ2n) is 8.04. The molecule has 2 saturated heterocycles. The van der Waals surface area contributed by atoms with Crippen molar-refractivity contribution >= 4 is 0 Å². The molecule has 0 saturated carbocycles. The van der Waals surface area contributed by atoms with Gasteiger partial charge >= 0.3 is 0 Å². The summed E-state index contributed by atoms with van der Waals surface area (Å²) in [7, 11) is 2.23. The third kappa shape index (κ3) is 3.32. The lowest BCUT2D eigenvalue weighted by atomic mass is 9.74. The summed E-state index contributed by atoms with van der Waals surface area (Å²) in [4.78, 5) is 4.99. The Morgan fingerprint density at radius 3 is 2.19 bits per heavy atom. The van der Waals surface area contributed by atoms with E-state index in [1.165, 1.54) is 41.6 Å². The molecule has 0 aliphatic carbocycles. The Balaban J connectivity index is 1.56. The van der Waals surface area contributed by atoms with Gasteiger partial charge in [0.15, 0.2) is 0 Å². The molecular formula is C23H30N2O. The van der Waals surface area contributed by atoms with Crippen molar-refractivity contribution in [2.45, 2.75) is 37.8 Å². The molecule has 0 radical (unpaired) electrons. The van der Waals surface area contributed by atoms with E-state index >= 15 is 0 Å². The molecule has 138 valence electrons. The number of rotatable bonds is 3. The number of aliphatic hydroxyl groups excluding tert-OH is 1. The van der Waals surface area contributed by atoms with E-state index in [2.05, 4.69) is 72.3 Å². The lowest BCUT2D eigenvalue weighted by molar-refractivity contribution is -0.0614. The Kier molecular flexibility index (Phi) is 5.12. The average molecular weight is 351 g/mol. The molecule has 2 aliphatic rings. The first-order valence-electron chi connectivity index (χ1n) is 9.89. The van der Waals surface area contributed by atoms with Gasteiger partial charge in [0.05, 0.1) is 6.61 Å². The van der Waals surface area contributed by atoms with Crippen molar-refractivity contribution in [1.29, 1.82) is 0 Å². The quantitative estimate of drug-likeness (QED) is 0.918. The molecule has 2 aliphatic heterocycles. The minimum atomic E-state index is 0.255. The summed E-state index contributed by atoms with van der Waals surface area (Å²) < 4.78 is 0. The Bertz CT molecular complexity index is 725. The smallest absolute Gasteiger partial charge is 0.0593 e. The fourth-order valence-electron chi connectivity index (χ4n) is 4.76. The Hall–Kier alpha value is -1.68. The first-order valence-corrected chi connectivity index (χ1v) is 9.89. The van der Waals surface area contributed by atoms with Crippen molar-refractivity contribution in [3.63, 3.8) is 0 Å². The number of fused-ring (bicyclic) bond motifs is 1. The van der Waals surface area contributed by atoms with Gasteiger partial charge < -0.3 is 10.0 Å². The van der Waals surface area contributed by atoms with Crippen molar-refractivity contribution in [2.24, 2.45) is 0 Å². The van der Waals surface area contributed by atoms with Crippen LogP contribution in [-0.2, 0) is 0 Å². The predicted molar refractivity (Wildman–Crippen MR) is 107 cm³/mol. The number of likely N-dealkylation sites (N-methyl/N-ethyl adjacent to an activating group) is 1. The zero-order valence-electron chi connectivity index (χ0n) is 15.9. The summed E-state index contributed by atoms with van der Waals surface area (Å²) in [6, 6.07) is 18.5. The molecule has 0 unspecified atom stereocenters. The molecule has 3 nitrogen and oxygen atoms in total. The first-order chi connectivity index (χ1) is 12.7. The predicted octanol–water partition coefficient (Wildman–Crippen LogP) is 3.52. The molecule has 3 atom stereocenters. The van der Waals surface area contributed by atoms with E-state index < -0.39 is 0 Å². The van der Waals surface area contributed by atoms with Crippen LogP contribution in [0.4, 0.5) is 0 Å². The summed E-state index contributed by atoms with van der Waals surface area (Å²) in [6.07, 6.45) is 2.49. The van der Waals surface area contributed by atoms with Crippen LogP contribution in [0.1, 0.15) is 29.9 Å². The molecule has 2 aromatic rings. The van der Waals surface area contributed by atoms with Crippen molar-refractivity contribution < 1.29 is 5.11 Å². The van der Waals surface area contributed by atoms with Crippen LogP contribution in [0.25, 0.3) is 11.1 Å². The van der Waals surface area contributed by atoms with Gasteiger partial charge in [-0.3, -0.25) is 4.90 Å². The van der Waals surface area contributed by atoms with E-state index in [9.17, 15) is 5.11 Å². The normalized spacial score (nSPS) is 27.3. The van der Waals surface area contributed by atoms with Crippen LogP contribution in [0.3, 0.4) is 0 Å². The topological polar surface area (TPSA) is 26.7 Å². The zero-order chi connectivity index (χ0) is 18.1. The zero-order valence-corrected chi connectivity index (χ0v) is 15.9. The van der Waals surface area contributed by atoms with Crippen LogP contribution in [0, 0.1) is 6.92 Å². The van der Waals surface area contributed by atoms with Gasteiger partial charge in [0.1, 0.15) is 0 Å². The second kappa shape index (κ2) is 7.51. The highest BCUT2D eigenvalue weighted by Gasteiger charge is 2.48. The number of hydrogen-bond donors (Lipinski definition) is 1. The first kappa shape index (κ1) is 17.7. The molecule has 2 aromatic carbocycles. The maximum absolute atomic E-state index is 9.99. The molecule has 0 amide bonds. The Labute approximate surface area is 157 Å². The van der Waals surface area contributed by atoms with Crippen LogP contribution >= 0.6 is 0 Å². The Morgan fingerprint density at radius 2 is 1.54 bits per heavy atom. The number of aryl methyl sites for hydroxylation is 1. The summed E-state index contributed by atoms with van der Waals surface area (Å²) in [5, 5.41) is 9.99. The van der Waals surface area contributed by atoms with Gasteiger partial charge in [-0.05, 0) is 56.6 Å². The summed E-state index contributed by atoms with van der Waals surface area (Å²) in [5.41, 5.74) is 5.19. The van der Waals surface area contributed by atoms with Crippen molar-refractivity contribution in [3.05, 3.63) is 59.7 Å². The third-order valence-corrected chi connectivity index (χ3v) is 6.25. The summed E-state index contributed by atoms with van der Waals surface area (Å²) in [6.45, 7) is 5.79. The van der Waals surface area contributed by atoms with E-state index in [1.807, 2.05) is 0 Å². The average Bonchev–Trinajstić information content (AvgIpc) is 2.64. The second-order valence-corrected chi connectivity index (χ2v) is 8.04. The fourth-order valence-corrected chi connectivity index (χ4v) is 4.76. The molecule has 0 bridgehead atoms. The van der Waals surface area contributed by atoms with Crippen LogP contribution in [-0.4, -0.2) is 60.3 Å². The van der Waals surface area contributed by atoms with Gasteiger partial charge in [-0.2, -0.15) is 0 Å². The highest BCUT2D eigenvalue weighted by molar-refractivity contribution is 5.64. The molecule has 26 heavy (non-hydrogen) atoms. The molecule has 4 rings (SSSR count). The third-order valence-electron chi connectivity index (χ3n) is 6.25. The largest absolute Gasteiger partial charge is 0.395 e. The van der Waals surface area contributed by atoms with Gasteiger partial charge in [0.25, 0.3) is 0 Å². The lowest BCUT2D eigenvalue weighted by Crippen LogP contribution is -2.67. The van der Waals surface area contributed by atoms with Crippen LogP contribution in [0.5, 0.6) is 0 Å². The summed E-state index contributed by atoms with van der Waals surface area (Å²) in [5.74, 6) is 0.438. The number of benzene rings is 2. The minimum Gasteiger partial charge on any atom is -0.395 e. The SMILES string of the molecule is Cc1ccc(-c2ccc([C@@H]3[C@@H](CO)N4CCCCN(C)C[C@H]34)cc2)cc1. The van der Waals surface area contributed by atoms with Gasteiger partial charge in [-0.25, -0.2) is 0 Å². The molecule has 1 N–H and O–H groups in total. The van der Waals surface area contributed by atoms with Crippen LogP contribution < -0.4 is 0 Å². The number of nitrogens with zero attached hydrogens (tertiary/aromatic N) is 2. The monoisotopic (exact) mass is 350 g/mol. The maximum atomic E-state index is 9.99. The lowest BCUT2D eigenvalue weighted by Gasteiger charge is -2.57. The van der Waals surface area contributed by atoms with Gasteiger partial charge in [-0.15, -0.1) is 0 Å². The fraction of sp³-hybridized carbons (Fsp3) is 0.478. The van der Waals surface area contributed by atoms with E-state index in [4.69, 9.17) is 0 Å². The molecule has 3 heteroatoms. The highest BCUT2D eigenvalue weighted by Crippen LogP contribution is 2.42. The van der Waals surface area contributed by atoms with Gasteiger partial charge in [-0.1, -0.05) is 54.1 Å². The molecule has 0 aromatic heterocycles. The molecule has 2 heterocycles. The molecule has 2 fully saturated rings. The molecule has 0 spiro atoms. The number of aliphatic hydroxyl groups is 1. The van der Waals surface area contributed by atoms with E-state index in [-0.39, 0.29) is 12.6 Å². The van der Waals surface area contributed by atoms with Crippen molar-refractivity contribution in [2.75, 3.05) is 33.3 Å². The Morgan fingerprint density at radius 1 is 0.923 bits per heavy atom. The van der Waals surface area contributed by atoms with Gasteiger partial charge in [0, 0.05) is 24.5 Å². The van der Waals surface area contributed by atoms with Crippen molar-refractivity contribution in [1.82, 2.24) is 9.80 Å². The van der Waals surface area contributed by atoms with E-state index in [0.717, 1.165) is 13.1 Å². The number of hydrogen-bond acceptors (Lipinski definition) is 3. The van der Waals surface area contributed by atoms with E-state index in [0.29, 0.717) is 12.0 Å². The summed E-state index contributed by atoms with van der Waals surface area (Å²) >= 11 is 0. The minimum absolute atomic E-state index is 0.255. The van der Waals surface area contributed by atoms with Gasteiger partial charge in [0.2, 0.25) is 0 Å². The van der Waals surface area contributed by atoms with Crippen LogP contribution in [0.2, 0.25) is 0 Å². The van der Waals surface area contributed by atoms with E-state index in [1.54, 1.807) is 0 Å². The van der Waals surface area contributed by atoms with Crippen molar-refractivity contribution in [3.8, 4) is 11.1 Å². The maximum Gasteiger partial charge on any atom is 0.0593 e.